The van der Waals surface area contributed by atoms with Crippen molar-refractivity contribution >= 4 is 17.2 Å². The van der Waals surface area contributed by atoms with Gasteiger partial charge < -0.3 is 5.32 Å². The first kappa shape index (κ1) is 14.1. The van der Waals surface area contributed by atoms with Gasteiger partial charge in [0.1, 0.15) is 0 Å². The topological polar surface area (TPSA) is 29.1 Å². The van der Waals surface area contributed by atoms with E-state index >= 15 is 0 Å². The van der Waals surface area contributed by atoms with Crippen molar-refractivity contribution in [3.05, 3.63) is 21.4 Å². The summed E-state index contributed by atoms with van der Waals surface area (Å²) in [5.74, 6) is 2.66. The van der Waals surface area contributed by atoms with Crippen molar-refractivity contribution in [1.82, 2.24) is 5.32 Å². The van der Waals surface area contributed by atoms with Crippen LogP contribution in [0.3, 0.4) is 0 Å². The van der Waals surface area contributed by atoms with Crippen molar-refractivity contribution in [2.24, 2.45) is 17.8 Å². The van der Waals surface area contributed by atoms with Crippen LogP contribution in [0, 0.1) is 24.7 Å². The molecule has 20 heavy (non-hydrogen) atoms. The minimum Gasteiger partial charge on any atom is -0.349 e. The summed E-state index contributed by atoms with van der Waals surface area (Å²) in [5.41, 5.74) is 1.26. The van der Waals surface area contributed by atoms with Crippen molar-refractivity contribution in [2.45, 2.75) is 58.9 Å². The van der Waals surface area contributed by atoms with E-state index in [0.717, 1.165) is 23.1 Å². The molecule has 1 N–H and O–H groups in total. The lowest BCUT2D eigenvalue weighted by molar-refractivity contribution is 0.0919. The highest BCUT2D eigenvalue weighted by Crippen LogP contribution is 2.49. The van der Waals surface area contributed by atoms with Crippen LogP contribution in [0.2, 0.25) is 0 Å². The number of carbonyl (C=O) groups excluding carboxylic acids is 1. The zero-order valence-electron chi connectivity index (χ0n) is 12.7. The lowest BCUT2D eigenvalue weighted by Crippen LogP contribution is -2.39. The molecule has 3 rings (SSSR count). The van der Waals surface area contributed by atoms with Crippen molar-refractivity contribution < 1.29 is 4.79 Å². The van der Waals surface area contributed by atoms with Crippen LogP contribution in [0.1, 0.15) is 59.6 Å². The summed E-state index contributed by atoms with van der Waals surface area (Å²) >= 11 is 1.66. The third kappa shape index (κ3) is 2.52. The van der Waals surface area contributed by atoms with Crippen molar-refractivity contribution in [1.29, 1.82) is 0 Å². The molecular formula is C17H25NOS. The van der Waals surface area contributed by atoms with Gasteiger partial charge >= 0.3 is 0 Å². The Morgan fingerprint density at radius 1 is 1.45 bits per heavy atom. The molecule has 1 aromatic heterocycles. The fourth-order valence-corrected chi connectivity index (χ4v) is 5.29. The Hall–Kier alpha value is -0.830. The zero-order chi connectivity index (χ0) is 14.3. The van der Waals surface area contributed by atoms with E-state index in [0.29, 0.717) is 12.0 Å². The molecule has 1 aromatic rings. The number of hydrogen-bond donors (Lipinski definition) is 1. The summed E-state index contributed by atoms with van der Waals surface area (Å²) in [7, 11) is 0. The second-order valence-corrected chi connectivity index (χ2v) is 7.81. The number of amides is 1. The third-order valence-electron chi connectivity index (χ3n) is 5.36. The largest absolute Gasteiger partial charge is 0.349 e. The maximum atomic E-state index is 12.4. The molecule has 2 bridgehead atoms. The molecule has 0 radical (unpaired) electrons. The quantitative estimate of drug-likeness (QED) is 0.886. The minimum absolute atomic E-state index is 0.132. The Balaban J connectivity index is 1.63. The van der Waals surface area contributed by atoms with Crippen LogP contribution in [-0.4, -0.2) is 11.9 Å². The monoisotopic (exact) mass is 291 g/mol. The molecule has 3 heteroatoms. The van der Waals surface area contributed by atoms with Crippen molar-refractivity contribution in [2.75, 3.05) is 0 Å². The van der Waals surface area contributed by atoms with E-state index < -0.39 is 0 Å². The molecule has 1 amide bonds. The minimum atomic E-state index is 0.132. The molecule has 0 saturated heterocycles. The molecule has 0 aromatic carbocycles. The van der Waals surface area contributed by atoms with Gasteiger partial charge in [-0.25, -0.2) is 0 Å². The second-order valence-electron chi connectivity index (χ2n) is 6.67. The van der Waals surface area contributed by atoms with E-state index in [1.54, 1.807) is 11.3 Å². The van der Waals surface area contributed by atoms with E-state index in [1.807, 2.05) is 6.07 Å². The van der Waals surface area contributed by atoms with Crippen LogP contribution >= 0.6 is 11.3 Å². The fraction of sp³-hybridized carbons (Fsp3) is 0.706. The molecule has 2 nitrogen and oxygen atoms in total. The van der Waals surface area contributed by atoms with Crippen LogP contribution in [0.15, 0.2) is 6.07 Å². The number of carbonyl (C=O) groups is 1. The summed E-state index contributed by atoms with van der Waals surface area (Å²) < 4.78 is 0. The van der Waals surface area contributed by atoms with Gasteiger partial charge in [0.15, 0.2) is 0 Å². The standard InChI is InChI=1S/C17H25NOS/c1-4-15-10(2)7-16(20-15)17(19)18-11(3)14-9-12-5-6-13(14)8-12/h7,11-14H,4-6,8-9H2,1-3H3,(H,18,19). The van der Waals surface area contributed by atoms with Crippen LogP contribution in [0.25, 0.3) is 0 Å². The number of rotatable bonds is 4. The molecule has 110 valence electrons. The lowest BCUT2D eigenvalue weighted by Gasteiger charge is -2.28. The summed E-state index contributed by atoms with van der Waals surface area (Å²) in [6.45, 7) is 6.45. The van der Waals surface area contributed by atoms with Crippen LogP contribution in [0.4, 0.5) is 0 Å². The van der Waals surface area contributed by atoms with E-state index in [9.17, 15) is 4.79 Å². The number of nitrogens with one attached hydrogen (secondary N) is 1. The predicted octanol–water partition coefficient (Wildman–Crippen LogP) is 4.17. The van der Waals surface area contributed by atoms with Gasteiger partial charge in [0, 0.05) is 10.9 Å². The SMILES string of the molecule is CCc1sc(C(=O)NC(C)C2CC3CCC2C3)cc1C. The second kappa shape index (κ2) is 5.51. The number of thiophene rings is 1. The predicted molar refractivity (Wildman–Crippen MR) is 84.3 cm³/mol. The van der Waals surface area contributed by atoms with Gasteiger partial charge in [-0.3, -0.25) is 4.79 Å². The highest BCUT2D eigenvalue weighted by molar-refractivity contribution is 7.14. The fourth-order valence-electron chi connectivity index (χ4n) is 4.27. The molecule has 0 aliphatic heterocycles. The smallest absolute Gasteiger partial charge is 0.261 e. The van der Waals surface area contributed by atoms with E-state index in [2.05, 4.69) is 26.1 Å². The summed E-state index contributed by atoms with van der Waals surface area (Å²) in [5, 5.41) is 3.26. The summed E-state index contributed by atoms with van der Waals surface area (Å²) in [6.07, 6.45) is 6.56. The van der Waals surface area contributed by atoms with Crippen molar-refractivity contribution in [3.63, 3.8) is 0 Å². The van der Waals surface area contributed by atoms with E-state index in [4.69, 9.17) is 0 Å². The molecule has 2 fully saturated rings. The molecule has 2 aliphatic rings. The van der Waals surface area contributed by atoms with Crippen LogP contribution in [0.5, 0.6) is 0 Å². The van der Waals surface area contributed by atoms with E-state index in [1.165, 1.54) is 36.1 Å². The normalized spacial score (nSPS) is 29.6. The van der Waals surface area contributed by atoms with Gasteiger partial charge in [-0.15, -0.1) is 11.3 Å². The molecule has 1 heterocycles. The maximum absolute atomic E-state index is 12.4. The molecule has 4 unspecified atom stereocenters. The lowest BCUT2D eigenvalue weighted by atomic mass is 9.84. The van der Waals surface area contributed by atoms with Gasteiger partial charge in [0.25, 0.3) is 5.91 Å². The average Bonchev–Trinajstić information content (AvgIpc) is 3.12. The van der Waals surface area contributed by atoms with E-state index in [-0.39, 0.29) is 5.91 Å². The number of hydrogen-bond acceptors (Lipinski definition) is 2. The Bertz CT molecular complexity index is 507. The Labute approximate surface area is 126 Å². The first-order valence-corrected chi connectivity index (χ1v) is 8.80. The zero-order valence-corrected chi connectivity index (χ0v) is 13.6. The highest BCUT2D eigenvalue weighted by atomic mass is 32.1. The molecule has 2 aliphatic carbocycles. The molecule has 0 spiro atoms. The molecular weight excluding hydrogens is 266 g/mol. The van der Waals surface area contributed by atoms with Crippen LogP contribution in [-0.2, 0) is 6.42 Å². The molecule has 4 atom stereocenters. The van der Waals surface area contributed by atoms with Crippen molar-refractivity contribution in [3.8, 4) is 0 Å². The van der Waals surface area contributed by atoms with Gasteiger partial charge in [0.2, 0.25) is 0 Å². The Morgan fingerprint density at radius 3 is 2.80 bits per heavy atom. The molecule has 2 saturated carbocycles. The number of aryl methyl sites for hydroxylation is 2. The van der Waals surface area contributed by atoms with Gasteiger partial charge in [-0.2, -0.15) is 0 Å². The van der Waals surface area contributed by atoms with Gasteiger partial charge in [-0.1, -0.05) is 13.3 Å². The van der Waals surface area contributed by atoms with Crippen LogP contribution < -0.4 is 5.32 Å². The van der Waals surface area contributed by atoms with Gasteiger partial charge in [0.05, 0.1) is 4.88 Å². The maximum Gasteiger partial charge on any atom is 0.261 e. The van der Waals surface area contributed by atoms with Gasteiger partial charge in [-0.05, 0) is 68.9 Å². The Morgan fingerprint density at radius 2 is 2.25 bits per heavy atom. The Kier molecular flexibility index (Phi) is 3.89. The average molecular weight is 291 g/mol. The summed E-state index contributed by atoms with van der Waals surface area (Å²) in [4.78, 5) is 14.6. The first-order chi connectivity index (χ1) is 9.58. The summed E-state index contributed by atoms with van der Waals surface area (Å²) in [6, 6.07) is 2.37. The first-order valence-electron chi connectivity index (χ1n) is 7.98. The third-order valence-corrected chi connectivity index (χ3v) is 6.74. The highest BCUT2D eigenvalue weighted by Gasteiger charge is 2.42. The number of fused-ring (bicyclic) bond motifs is 2.